The number of ether oxygens (including phenoxy) is 2. The van der Waals surface area contributed by atoms with Gasteiger partial charge < -0.3 is 29.2 Å². The lowest BCUT2D eigenvalue weighted by Gasteiger charge is -2.37. The van der Waals surface area contributed by atoms with Gasteiger partial charge in [-0.05, 0) is 60.2 Å². The van der Waals surface area contributed by atoms with Crippen molar-refractivity contribution in [3.63, 3.8) is 0 Å². The SMILES string of the molecule is CC[C@@H](C)C(=O)N[C@H](C(=O)N1C[C@@H](Oc2ccc(OC(F)(F)F)cc2)C[C@H]1CN(CCc1ccc(F)cc1)C(=O)c1cn(C)cn1)C(C)(C)C. The first-order valence-electron chi connectivity index (χ1n) is 16.6. The van der Waals surface area contributed by atoms with Gasteiger partial charge in [-0.1, -0.05) is 46.8 Å². The number of alkyl halides is 3. The van der Waals surface area contributed by atoms with Crippen LogP contribution in [0.25, 0.3) is 0 Å². The highest BCUT2D eigenvalue weighted by Gasteiger charge is 2.44. The van der Waals surface area contributed by atoms with Crippen LogP contribution in [0.2, 0.25) is 0 Å². The molecule has 272 valence electrons. The van der Waals surface area contributed by atoms with Crippen LogP contribution >= 0.6 is 0 Å². The van der Waals surface area contributed by atoms with Crippen molar-refractivity contribution in [2.24, 2.45) is 18.4 Å². The van der Waals surface area contributed by atoms with Gasteiger partial charge in [-0.3, -0.25) is 14.4 Å². The monoisotopic (exact) mass is 703 g/mol. The number of benzene rings is 2. The van der Waals surface area contributed by atoms with Gasteiger partial charge in [0.15, 0.2) is 0 Å². The topological polar surface area (TPSA) is 106 Å². The molecular weight excluding hydrogens is 658 g/mol. The zero-order valence-corrected chi connectivity index (χ0v) is 29.2. The number of aromatic nitrogens is 2. The Bertz CT molecular complexity index is 1600. The maximum Gasteiger partial charge on any atom is 0.573 e. The quantitative estimate of drug-likeness (QED) is 0.227. The molecule has 3 amide bonds. The van der Waals surface area contributed by atoms with Gasteiger partial charge in [-0.25, -0.2) is 9.37 Å². The fourth-order valence-corrected chi connectivity index (χ4v) is 5.73. The van der Waals surface area contributed by atoms with Crippen LogP contribution in [0, 0.1) is 17.2 Å². The lowest BCUT2D eigenvalue weighted by Crippen LogP contribution is -2.58. The molecule has 4 rings (SSSR count). The zero-order valence-electron chi connectivity index (χ0n) is 29.2. The fourth-order valence-electron chi connectivity index (χ4n) is 5.73. The summed E-state index contributed by atoms with van der Waals surface area (Å²) < 4.78 is 63.5. The number of rotatable bonds is 13. The Labute approximate surface area is 289 Å². The second kappa shape index (κ2) is 15.9. The highest BCUT2D eigenvalue weighted by atomic mass is 19.4. The third kappa shape index (κ3) is 10.4. The number of nitrogens with one attached hydrogen (secondary N) is 1. The summed E-state index contributed by atoms with van der Waals surface area (Å²) in [5, 5.41) is 2.95. The Morgan fingerprint density at radius 2 is 1.68 bits per heavy atom. The molecule has 1 aromatic heterocycles. The standard InChI is InChI=1S/C36H45F4N5O5/c1-7-23(2)32(46)42-31(35(3,4)5)34(48)45-20-29(49-27-12-14-28(15-13-27)50-36(38,39)40)18-26(45)19-44(33(47)30-21-43(6)22-41-30)17-16-24-8-10-25(37)11-9-24/h8-15,21-23,26,29,31H,7,16-20H2,1-6H3,(H,42,46)/t23-,26+,29+,31-/m1/s1. The molecule has 0 spiro atoms. The first kappa shape index (κ1) is 38.2. The molecule has 1 saturated heterocycles. The van der Waals surface area contributed by atoms with Crippen LogP contribution < -0.4 is 14.8 Å². The Hall–Kier alpha value is -4.62. The van der Waals surface area contributed by atoms with Crippen molar-refractivity contribution in [1.82, 2.24) is 24.7 Å². The number of halogens is 4. The van der Waals surface area contributed by atoms with Crippen LogP contribution in [0.15, 0.2) is 61.1 Å². The van der Waals surface area contributed by atoms with Crippen molar-refractivity contribution >= 4 is 17.7 Å². The number of aryl methyl sites for hydroxylation is 1. The molecule has 3 aromatic rings. The third-order valence-electron chi connectivity index (χ3n) is 8.70. The summed E-state index contributed by atoms with van der Waals surface area (Å²) in [6, 6.07) is 9.51. The van der Waals surface area contributed by atoms with E-state index in [1.807, 2.05) is 27.7 Å². The molecule has 1 aliphatic heterocycles. The van der Waals surface area contributed by atoms with Gasteiger partial charge in [0.25, 0.3) is 5.91 Å². The fraction of sp³-hybridized carbons (Fsp3) is 0.500. The van der Waals surface area contributed by atoms with Crippen LogP contribution in [0.3, 0.4) is 0 Å². The third-order valence-corrected chi connectivity index (χ3v) is 8.70. The van der Waals surface area contributed by atoms with Gasteiger partial charge in [0.05, 0.1) is 18.9 Å². The van der Waals surface area contributed by atoms with Crippen molar-refractivity contribution in [1.29, 1.82) is 0 Å². The number of likely N-dealkylation sites (tertiary alicyclic amines) is 1. The van der Waals surface area contributed by atoms with E-state index in [-0.39, 0.29) is 67.0 Å². The van der Waals surface area contributed by atoms with Crippen molar-refractivity contribution < 1.29 is 41.4 Å². The maximum atomic E-state index is 14.4. The Morgan fingerprint density at radius 3 is 2.24 bits per heavy atom. The minimum absolute atomic E-state index is 0.0940. The Balaban J connectivity index is 1.64. The van der Waals surface area contributed by atoms with Crippen LogP contribution in [-0.2, 0) is 23.1 Å². The number of hydrogen-bond donors (Lipinski definition) is 1. The maximum absolute atomic E-state index is 14.4. The van der Waals surface area contributed by atoms with Crippen molar-refractivity contribution in [3.8, 4) is 11.5 Å². The number of nitrogens with zero attached hydrogens (tertiary/aromatic N) is 4. The van der Waals surface area contributed by atoms with E-state index >= 15 is 0 Å². The van der Waals surface area contributed by atoms with Crippen molar-refractivity contribution in [2.45, 2.75) is 78.4 Å². The molecule has 50 heavy (non-hydrogen) atoms. The van der Waals surface area contributed by atoms with Crippen LogP contribution in [0.1, 0.15) is 63.5 Å². The average molecular weight is 704 g/mol. The molecule has 14 heteroatoms. The van der Waals surface area contributed by atoms with Gasteiger partial charge >= 0.3 is 6.36 Å². The molecule has 0 unspecified atom stereocenters. The van der Waals surface area contributed by atoms with Crippen molar-refractivity contribution in [3.05, 3.63) is 78.1 Å². The lowest BCUT2D eigenvalue weighted by molar-refractivity contribution is -0.274. The molecule has 1 fully saturated rings. The number of amides is 3. The molecule has 1 N–H and O–H groups in total. The van der Waals surface area contributed by atoms with E-state index in [2.05, 4.69) is 15.0 Å². The molecule has 0 saturated carbocycles. The normalized spacial score (nSPS) is 17.6. The number of carbonyl (C=O) groups excluding carboxylic acids is 3. The molecule has 0 aliphatic carbocycles. The lowest BCUT2D eigenvalue weighted by atomic mass is 9.85. The summed E-state index contributed by atoms with van der Waals surface area (Å²) in [6.07, 6.45) is -1.04. The van der Waals surface area contributed by atoms with E-state index in [0.717, 1.165) is 17.7 Å². The molecule has 0 radical (unpaired) electrons. The van der Waals surface area contributed by atoms with E-state index in [4.69, 9.17) is 4.74 Å². The summed E-state index contributed by atoms with van der Waals surface area (Å²) in [5.41, 5.74) is 0.346. The van der Waals surface area contributed by atoms with E-state index in [1.165, 1.54) is 30.6 Å². The second-order valence-corrected chi connectivity index (χ2v) is 13.8. The minimum atomic E-state index is -4.84. The first-order chi connectivity index (χ1) is 23.4. The van der Waals surface area contributed by atoms with Crippen LogP contribution in [0.5, 0.6) is 11.5 Å². The number of hydrogen-bond acceptors (Lipinski definition) is 6. The number of imidazole rings is 1. The molecular formula is C36H45F4N5O5. The summed E-state index contributed by atoms with van der Waals surface area (Å²) in [4.78, 5) is 48.8. The molecule has 4 atom stereocenters. The Kier molecular flexibility index (Phi) is 12.2. The van der Waals surface area contributed by atoms with E-state index in [0.29, 0.717) is 12.8 Å². The molecule has 0 bridgehead atoms. The van der Waals surface area contributed by atoms with Crippen molar-refractivity contribution in [2.75, 3.05) is 19.6 Å². The zero-order chi connectivity index (χ0) is 36.8. The summed E-state index contributed by atoms with van der Waals surface area (Å²) in [6.45, 7) is 9.67. The van der Waals surface area contributed by atoms with E-state index in [9.17, 15) is 31.9 Å². The second-order valence-electron chi connectivity index (χ2n) is 13.8. The largest absolute Gasteiger partial charge is 0.573 e. The van der Waals surface area contributed by atoms with E-state index in [1.54, 1.807) is 46.7 Å². The highest BCUT2D eigenvalue weighted by molar-refractivity contribution is 5.92. The van der Waals surface area contributed by atoms with Crippen LogP contribution in [-0.4, -0.2) is 81.3 Å². The highest BCUT2D eigenvalue weighted by Crippen LogP contribution is 2.31. The summed E-state index contributed by atoms with van der Waals surface area (Å²) in [5.74, 6) is -1.78. The summed E-state index contributed by atoms with van der Waals surface area (Å²) >= 11 is 0. The predicted molar refractivity (Wildman–Crippen MR) is 178 cm³/mol. The van der Waals surface area contributed by atoms with Gasteiger partial charge in [0.1, 0.15) is 35.2 Å². The van der Waals surface area contributed by atoms with Crippen LogP contribution in [0.4, 0.5) is 17.6 Å². The average Bonchev–Trinajstić information content (AvgIpc) is 3.66. The molecule has 2 aromatic carbocycles. The smallest absolute Gasteiger partial charge is 0.489 e. The first-order valence-corrected chi connectivity index (χ1v) is 16.6. The summed E-state index contributed by atoms with van der Waals surface area (Å²) in [7, 11) is 1.74. The molecule has 2 heterocycles. The van der Waals surface area contributed by atoms with Gasteiger partial charge in [-0.2, -0.15) is 0 Å². The van der Waals surface area contributed by atoms with E-state index < -0.39 is 35.7 Å². The molecule has 10 nitrogen and oxygen atoms in total. The van der Waals surface area contributed by atoms with Gasteiger partial charge in [-0.15, -0.1) is 13.2 Å². The predicted octanol–water partition coefficient (Wildman–Crippen LogP) is 5.77. The van der Waals surface area contributed by atoms with Gasteiger partial charge in [0.2, 0.25) is 11.8 Å². The number of carbonyl (C=O) groups is 3. The molecule has 1 aliphatic rings. The van der Waals surface area contributed by atoms with Gasteiger partial charge in [0, 0.05) is 38.7 Å². The Morgan fingerprint density at radius 1 is 1.04 bits per heavy atom. The minimum Gasteiger partial charge on any atom is -0.489 e.